The number of carbonyl (C=O) groups excluding carboxylic acids is 1. The van der Waals surface area contributed by atoms with Crippen LogP contribution in [0.4, 0.5) is 0 Å². The van der Waals surface area contributed by atoms with Crippen LogP contribution in [0.1, 0.15) is 37.9 Å². The second kappa shape index (κ2) is 8.08. The summed E-state index contributed by atoms with van der Waals surface area (Å²) in [6, 6.07) is 9.57. The first-order valence-electron chi connectivity index (χ1n) is 9.84. The van der Waals surface area contributed by atoms with Crippen molar-refractivity contribution in [2.75, 3.05) is 19.7 Å². The number of para-hydroxylation sites is 1. The number of aromatic amines is 1. The summed E-state index contributed by atoms with van der Waals surface area (Å²) in [5.41, 5.74) is 0.617. The number of benzene rings is 1. The standard InChI is InChI=1S/C20H26N4O3/c25-19(17-8-4-5-13-27-17)23-11-9-15(10-12-23)14-18-21-22-20(26)24(18)16-6-2-1-3-7-16/h1-3,6-7,15,17H,4-5,8-14H2,(H,22,26)/t17-/m1/s1. The first kappa shape index (κ1) is 18.0. The highest BCUT2D eigenvalue weighted by molar-refractivity contribution is 5.81. The second-order valence-corrected chi connectivity index (χ2v) is 7.44. The second-order valence-electron chi connectivity index (χ2n) is 7.44. The van der Waals surface area contributed by atoms with Gasteiger partial charge in [-0.3, -0.25) is 4.79 Å². The number of rotatable bonds is 4. The minimum atomic E-state index is -0.245. The van der Waals surface area contributed by atoms with E-state index in [1.165, 1.54) is 0 Å². The van der Waals surface area contributed by atoms with E-state index in [9.17, 15) is 9.59 Å². The highest BCUT2D eigenvalue weighted by Crippen LogP contribution is 2.24. The van der Waals surface area contributed by atoms with E-state index in [-0.39, 0.29) is 17.7 Å². The van der Waals surface area contributed by atoms with E-state index in [1.54, 1.807) is 4.57 Å². The van der Waals surface area contributed by atoms with Gasteiger partial charge < -0.3 is 9.64 Å². The van der Waals surface area contributed by atoms with Gasteiger partial charge in [-0.1, -0.05) is 18.2 Å². The Morgan fingerprint density at radius 1 is 1.15 bits per heavy atom. The molecule has 0 spiro atoms. The summed E-state index contributed by atoms with van der Waals surface area (Å²) in [5.74, 6) is 1.32. The molecule has 27 heavy (non-hydrogen) atoms. The lowest BCUT2D eigenvalue weighted by atomic mass is 9.92. The van der Waals surface area contributed by atoms with Crippen molar-refractivity contribution in [1.29, 1.82) is 0 Å². The number of hydrogen-bond acceptors (Lipinski definition) is 4. The molecular formula is C20H26N4O3. The van der Waals surface area contributed by atoms with Gasteiger partial charge in [-0.05, 0) is 50.2 Å². The van der Waals surface area contributed by atoms with Crippen molar-refractivity contribution >= 4 is 5.91 Å². The van der Waals surface area contributed by atoms with Crippen LogP contribution in [0.25, 0.3) is 5.69 Å². The van der Waals surface area contributed by atoms with E-state index < -0.39 is 0 Å². The van der Waals surface area contributed by atoms with Gasteiger partial charge >= 0.3 is 5.69 Å². The van der Waals surface area contributed by atoms with E-state index in [2.05, 4.69) is 10.2 Å². The molecule has 0 unspecified atom stereocenters. The van der Waals surface area contributed by atoms with Gasteiger partial charge in [-0.15, -0.1) is 0 Å². The van der Waals surface area contributed by atoms with Crippen LogP contribution in [0.3, 0.4) is 0 Å². The monoisotopic (exact) mass is 370 g/mol. The molecule has 2 saturated heterocycles. The Hall–Kier alpha value is -2.41. The van der Waals surface area contributed by atoms with E-state index in [1.807, 2.05) is 35.2 Å². The van der Waals surface area contributed by atoms with Crippen molar-refractivity contribution in [3.63, 3.8) is 0 Å². The largest absolute Gasteiger partial charge is 0.368 e. The van der Waals surface area contributed by atoms with Crippen molar-refractivity contribution < 1.29 is 9.53 Å². The molecule has 4 rings (SSSR count). The molecule has 144 valence electrons. The number of hydrogen-bond donors (Lipinski definition) is 1. The number of ether oxygens (including phenoxy) is 1. The number of likely N-dealkylation sites (tertiary alicyclic amines) is 1. The number of nitrogens with zero attached hydrogens (tertiary/aromatic N) is 3. The third kappa shape index (κ3) is 3.98. The van der Waals surface area contributed by atoms with Crippen LogP contribution in [0, 0.1) is 5.92 Å². The molecule has 3 heterocycles. The van der Waals surface area contributed by atoms with Crippen LogP contribution >= 0.6 is 0 Å². The highest BCUT2D eigenvalue weighted by Gasteiger charge is 2.30. The molecule has 1 N–H and O–H groups in total. The van der Waals surface area contributed by atoms with Gasteiger partial charge in [0.05, 0.1) is 5.69 Å². The van der Waals surface area contributed by atoms with Crippen molar-refractivity contribution in [1.82, 2.24) is 19.7 Å². The summed E-state index contributed by atoms with van der Waals surface area (Å²) in [4.78, 5) is 26.7. The minimum absolute atomic E-state index is 0.147. The van der Waals surface area contributed by atoms with E-state index >= 15 is 0 Å². The number of nitrogens with one attached hydrogen (secondary N) is 1. The van der Waals surface area contributed by atoms with Crippen LogP contribution < -0.4 is 5.69 Å². The summed E-state index contributed by atoms with van der Waals surface area (Å²) in [6.07, 6.45) is 5.31. The lowest BCUT2D eigenvalue weighted by Crippen LogP contribution is -2.46. The molecule has 0 aliphatic carbocycles. The summed E-state index contributed by atoms with van der Waals surface area (Å²) >= 11 is 0. The molecular weight excluding hydrogens is 344 g/mol. The fraction of sp³-hybridized carbons (Fsp3) is 0.550. The smallest absolute Gasteiger partial charge is 0.347 e. The lowest BCUT2D eigenvalue weighted by molar-refractivity contribution is -0.147. The zero-order valence-electron chi connectivity index (χ0n) is 15.5. The van der Waals surface area contributed by atoms with Crippen molar-refractivity contribution in [3.05, 3.63) is 46.6 Å². The van der Waals surface area contributed by atoms with Gasteiger partial charge in [-0.2, -0.15) is 5.10 Å². The maximum absolute atomic E-state index is 12.6. The maximum atomic E-state index is 12.6. The zero-order valence-corrected chi connectivity index (χ0v) is 15.5. The molecule has 7 nitrogen and oxygen atoms in total. The molecule has 0 saturated carbocycles. The normalized spacial score (nSPS) is 21.3. The summed E-state index contributed by atoms with van der Waals surface area (Å²) in [7, 11) is 0. The van der Waals surface area contributed by atoms with Crippen LogP contribution in [-0.2, 0) is 16.0 Å². The molecule has 1 aromatic heterocycles. The SMILES string of the molecule is O=C([C@H]1CCCCO1)N1CCC(Cc2n[nH]c(=O)n2-c2ccccc2)CC1. The minimum Gasteiger partial charge on any atom is -0.368 e. The molecule has 0 radical (unpaired) electrons. The predicted molar refractivity (Wildman–Crippen MR) is 101 cm³/mol. The molecule has 2 fully saturated rings. The zero-order chi connectivity index (χ0) is 18.6. The number of H-pyrrole nitrogens is 1. The lowest BCUT2D eigenvalue weighted by Gasteiger charge is -2.35. The molecule has 1 atom stereocenters. The molecule has 7 heteroatoms. The highest BCUT2D eigenvalue weighted by atomic mass is 16.5. The molecule has 1 aromatic carbocycles. The van der Waals surface area contributed by atoms with Crippen LogP contribution in [0.2, 0.25) is 0 Å². The Morgan fingerprint density at radius 3 is 2.63 bits per heavy atom. The Bertz CT molecular complexity index is 815. The number of amides is 1. The Kier molecular flexibility index (Phi) is 5.38. The van der Waals surface area contributed by atoms with E-state index in [4.69, 9.17) is 4.74 Å². The van der Waals surface area contributed by atoms with Gasteiger partial charge in [-0.25, -0.2) is 14.5 Å². The van der Waals surface area contributed by atoms with Crippen LogP contribution in [0.5, 0.6) is 0 Å². The van der Waals surface area contributed by atoms with Crippen molar-refractivity contribution in [2.24, 2.45) is 5.92 Å². The van der Waals surface area contributed by atoms with Gasteiger partial charge in [0.2, 0.25) is 0 Å². The Morgan fingerprint density at radius 2 is 1.93 bits per heavy atom. The van der Waals surface area contributed by atoms with Gasteiger partial charge in [0, 0.05) is 26.1 Å². The first-order valence-corrected chi connectivity index (χ1v) is 9.84. The number of piperidine rings is 1. The fourth-order valence-corrected chi connectivity index (χ4v) is 4.06. The molecule has 2 aliphatic rings. The molecule has 1 amide bonds. The first-order chi connectivity index (χ1) is 13.2. The van der Waals surface area contributed by atoms with Crippen molar-refractivity contribution in [3.8, 4) is 5.69 Å². The van der Waals surface area contributed by atoms with Crippen molar-refractivity contribution in [2.45, 2.75) is 44.6 Å². The van der Waals surface area contributed by atoms with Crippen LogP contribution in [0.15, 0.2) is 35.1 Å². The summed E-state index contributed by atoms with van der Waals surface area (Å²) in [6.45, 7) is 2.20. The Labute approximate surface area is 158 Å². The van der Waals surface area contributed by atoms with Gasteiger partial charge in [0.25, 0.3) is 5.91 Å². The quantitative estimate of drug-likeness (QED) is 0.892. The van der Waals surface area contributed by atoms with E-state index in [0.29, 0.717) is 12.5 Å². The third-order valence-corrected chi connectivity index (χ3v) is 5.61. The maximum Gasteiger partial charge on any atom is 0.347 e. The Balaban J connectivity index is 1.37. The summed E-state index contributed by atoms with van der Waals surface area (Å²) < 4.78 is 7.29. The summed E-state index contributed by atoms with van der Waals surface area (Å²) in [5, 5.41) is 6.81. The van der Waals surface area contributed by atoms with E-state index in [0.717, 1.165) is 63.1 Å². The number of aromatic nitrogens is 3. The fourth-order valence-electron chi connectivity index (χ4n) is 4.06. The topological polar surface area (TPSA) is 80.2 Å². The molecule has 2 aliphatic heterocycles. The van der Waals surface area contributed by atoms with Crippen LogP contribution in [-0.4, -0.2) is 51.4 Å². The third-order valence-electron chi connectivity index (χ3n) is 5.61. The predicted octanol–water partition coefficient (Wildman–Crippen LogP) is 1.91. The molecule has 2 aromatic rings. The molecule has 0 bridgehead atoms. The van der Waals surface area contributed by atoms with Gasteiger partial charge in [0.1, 0.15) is 11.9 Å². The number of carbonyl (C=O) groups is 1. The van der Waals surface area contributed by atoms with Gasteiger partial charge in [0.15, 0.2) is 0 Å². The average molecular weight is 370 g/mol. The average Bonchev–Trinajstić information content (AvgIpc) is 3.09.